The highest BCUT2D eigenvalue weighted by atomic mass is 16.5. The van der Waals surface area contributed by atoms with Crippen LogP contribution in [0.2, 0.25) is 0 Å². The van der Waals surface area contributed by atoms with Gasteiger partial charge in [-0.15, -0.1) is 0 Å². The molecule has 0 radical (unpaired) electrons. The number of aliphatic imine (C=N–C) groups is 1. The van der Waals surface area contributed by atoms with Gasteiger partial charge in [0.2, 0.25) is 5.91 Å². The van der Waals surface area contributed by atoms with Crippen LogP contribution in [0.25, 0.3) is 0 Å². The molecule has 0 bridgehead atoms. The van der Waals surface area contributed by atoms with Gasteiger partial charge in [-0.3, -0.25) is 9.79 Å². The van der Waals surface area contributed by atoms with Crippen molar-refractivity contribution in [1.82, 2.24) is 16.0 Å². The number of hydrogen-bond acceptors (Lipinski definition) is 3. The van der Waals surface area contributed by atoms with Gasteiger partial charge in [-0.2, -0.15) is 0 Å². The highest BCUT2D eigenvalue weighted by Gasteiger charge is 2.12. The van der Waals surface area contributed by atoms with Crippen LogP contribution in [0, 0.1) is 5.92 Å². The van der Waals surface area contributed by atoms with Crippen molar-refractivity contribution in [1.29, 1.82) is 0 Å². The van der Waals surface area contributed by atoms with Crippen molar-refractivity contribution in [2.75, 3.05) is 33.3 Å². The molecule has 1 aliphatic carbocycles. The highest BCUT2D eigenvalue weighted by molar-refractivity contribution is 5.80. The summed E-state index contributed by atoms with van der Waals surface area (Å²) in [4.78, 5) is 15.6. The van der Waals surface area contributed by atoms with Crippen LogP contribution in [0.3, 0.4) is 0 Å². The second kappa shape index (κ2) is 12.2. The minimum absolute atomic E-state index is 0.0246. The lowest BCUT2D eigenvalue weighted by molar-refractivity contribution is -0.123. The molecule has 3 N–H and O–H groups in total. The van der Waals surface area contributed by atoms with Gasteiger partial charge in [0.15, 0.2) is 5.96 Å². The zero-order valence-corrected chi connectivity index (χ0v) is 15.0. The summed E-state index contributed by atoms with van der Waals surface area (Å²) in [5.74, 6) is 0.868. The maximum atomic E-state index is 11.4. The fourth-order valence-electron chi connectivity index (χ4n) is 2.55. The molecule has 0 aromatic heterocycles. The Kier molecular flexibility index (Phi) is 10.4. The van der Waals surface area contributed by atoms with Gasteiger partial charge in [-0.1, -0.05) is 33.1 Å². The minimum Gasteiger partial charge on any atom is -0.378 e. The van der Waals surface area contributed by atoms with Crippen LogP contribution in [-0.2, 0) is 9.53 Å². The van der Waals surface area contributed by atoms with Crippen LogP contribution >= 0.6 is 0 Å². The maximum Gasteiger partial charge on any atom is 0.222 e. The van der Waals surface area contributed by atoms with Gasteiger partial charge in [0.1, 0.15) is 0 Å². The number of nitrogens with zero attached hydrogens (tertiary/aromatic N) is 1. The van der Waals surface area contributed by atoms with E-state index in [1.165, 1.54) is 32.1 Å². The Bertz CT molecular complexity index is 353. The fraction of sp³-hybridized carbons (Fsp3) is 0.882. The third-order valence-electron chi connectivity index (χ3n) is 3.98. The molecule has 0 unspecified atom stereocenters. The quantitative estimate of drug-likeness (QED) is 0.342. The summed E-state index contributed by atoms with van der Waals surface area (Å²) in [6.45, 7) is 6.68. The summed E-state index contributed by atoms with van der Waals surface area (Å²) in [5, 5.41) is 9.32. The van der Waals surface area contributed by atoms with Crippen molar-refractivity contribution >= 4 is 11.9 Å². The third-order valence-corrected chi connectivity index (χ3v) is 3.98. The van der Waals surface area contributed by atoms with Crippen molar-refractivity contribution < 1.29 is 9.53 Å². The molecular formula is C17H34N4O2. The average Bonchev–Trinajstić information content (AvgIpc) is 2.57. The van der Waals surface area contributed by atoms with Gasteiger partial charge in [-0.05, 0) is 19.3 Å². The highest BCUT2D eigenvalue weighted by Crippen LogP contribution is 2.20. The van der Waals surface area contributed by atoms with Crippen LogP contribution in [0.5, 0.6) is 0 Å². The van der Waals surface area contributed by atoms with E-state index >= 15 is 0 Å². The first-order valence-corrected chi connectivity index (χ1v) is 8.97. The van der Waals surface area contributed by atoms with E-state index in [-0.39, 0.29) is 11.8 Å². The van der Waals surface area contributed by atoms with Crippen molar-refractivity contribution in [3.63, 3.8) is 0 Å². The van der Waals surface area contributed by atoms with Gasteiger partial charge < -0.3 is 20.7 Å². The standard InChI is InChI=1S/C17H34N4O2/c1-14(2)16(22)19-11-12-21-17(18-3)20-10-7-13-23-15-8-5-4-6-9-15/h14-15H,4-13H2,1-3H3,(H,19,22)(H2,18,20,21). The SMILES string of the molecule is CN=C(NCCCOC1CCCCC1)NCCNC(=O)C(C)C. The molecule has 0 saturated heterocycles. The molecule has 1 fully saturated rings. The summed E-state index contributed by atoms with van der Waals surface area (Å²) in [7, 11) is 1.75. The van der Waals surface area contributed by atoms with E-state index in [0.29, 0.717) is 19.2 Å². The molecule has 6 nitrogen and oxygen atoms in total. The summed E-state index contributed by atoms with van der Waals surface area (Å²) >= 11 is 0. The molecule has 1 rings (SSSR count). The predicted octanol–water partition coefficient (Wildman–Crippen LogP) is 1.66. The molecule has 6 heteroatoms. The molecule has 134 valence electrons. The number of rotatable bonds is 9. The maximum absolute atomic E-state index is 11.4. The summed E-state index contributed by atoms with van der Waals surface area (Å²) in [6.07, 6.45) is 7.88. The van der Waals surface area contributed by atoms with Gasteiger partial charge >= 0.3 is 0 Å². The molecule has 0 spiro atoms. The van der Waals surface area contributed by atoms with E-state index < -0.39 is 0 Å². The summed E-state index contributed by atoms with van der Waals surface area (Å²) < 4.78 is 5.90. The molecular weight excluding hydrogens is 292 g/mol. The van der Waals surface area contributed by atoms with Crippen LogP contribution < -0.4 is 16.0 Å². The van der Waals surface area contributed by atoms with Crippen molar-refractivity contribution in [2.45, 2.75) is 58.5 Å². The molecule has 0 aliphatic heterocycles. The van der Waals surface area contributed by atoms with Gasteiger partial charge in [0, 0.05) is 39.2 Å². The van der Waals surface area contributed by atoms with E-state index in [2.05, 4.69) is 20.9 Å². The smallest absolute Gasteiger partial charge is 0.222 e. The van der Waals surface area contributed by atoms with E-state index in [9.17, 15) is 4.79 Å². The van der Waals surface area contributed by atoms with Gasteiger partial charge in [0.25, 0.3) is 0 Å². The molecule has 23 heavy (non-hydrogen) atoms. The first-order chi connectivity index (χ1) is 11.1. The number of ether oxygens (including phenoxy) is 1. The first kappa shape index (κ1) is 19.7. The lowest BCUT2D eigenvalue weighted by Gasteiger charge is -2.22. The Hall–Kier alpha value is -1.30. The zero-order chi connectivity index (χ0) is 16.9. The monoisotopic (exact) mass is 326 g/mol. The van der Waals surface area contributed by atoms with E-state index in [0.717, 1.165) is 25.5 Å². The lowest BCUT2D eigenvalue weighted by Crippen LogP contribution is -2.42. The number of nitrogens with one attached hydrogen (secondary N) is 3. The molecule has 1 aliphatic rings. The summed E-state index contributed by atoms with van der Waals surface area (Å²) in [6, 6.07) is 0. The molecule has 0 heterocycles. The Balaban J connectivity index is 1.99. The van der Waals surface area contributed by atoms with Gasteiger partial charge in [0.05, 0.1) is 6.10 Å². The normalized spacial score (nSPS) is 16.4. The first-order valence-electron chi connectivity index (χ1n) is 8.97. The number of guanidine groups is 1. The van der Waals surface area contributed by atoms with E-state index in [1.54, 1.807) is 7.05 Å². The molecule has 0 atom stereocenters. The fourth-order valence-corrected chi connectivity index (χ4v) is 2.55. The Morgan fingerprint density at radius 3 is 2.39 bits per heavy atom. The minimum atomic E-state index is 0.0246. The second-order valence-corrected chi connectivity index (χ2v) is 6.36. The van der Waals surface area contributed by atoms with Gasteiger partial charge in [-0.25, -0.2) is 0 Å². The van der Waals surface area contributed by atoms with E-state index in [1.807, 2.05) is 13.8 Å². The predicted molar refractivity (Wildman–Crippen MR) is 94.7 cm³/mol. The number of carbonyl (C=O) groups excluding carboxylic acids is 1. The second-order valence-electron chi connectivity index (χ2n) is 6.36. The number of hydrogen-bond donors (Lipinski definition) is 3. The molecule has 0 aromatic carbocycles. The largest absolute Gasteiger partial charge is 0.378 e. The Morgan fingerprint density at radius 1 is 1.09 bits per heavy atom. The Morgan fingerprint density at radius 2 is 1.74 bits per heavy atom. The van der Waals surface area contributed by atoms with Crippen LogP contribution in [0.1, 0.15) is 52.4 Å². The third kappa shape index (κ3) is 9.43. The molecule has 1 saturated carbocycles. The van der Waals surface area contributed by atoms with Crippen LogP contribution in [0.4, 0.5) is 0 Å². The Labute approximate surface area is 140 Å². The van der Waals surface area contributed by atoms with Crippen LogP contribution in [0.15, 0.2) is 4.99 Å². The van der Waals surface area contributed by atoms with Crippen LogP contribution in [-0.4, -0.2) is 51.3 Å². The molecule has 0 aromatic rings. The van der Waals surface area contributed by atoms with Crippen molar-refractivity contribution in [2.24, 2.45) is 10.9 Å². The van der Waals surface area contributed by atoms with Crippen molar-refractivity contribution in [3.8, 4) is 0 Å². The average molecular weight is 326 g/mol. The van der Waals surface area contributed by atoms with E-state index in [4.69, 9.17) is 4.74 Å². The number of amides is 1. The summed E-state index contributed by atoms with van der Waals surface area (Å²) in [5.41, 5.74) is 0. The van der Waals surface area contributed by atoms with Crippen molar-refractivity contribution in [3.05, 3.63) is 0 Å². The topological polar surface area (TPSA) is 74.8 Å². The lowest BCUT2D eigenvalue weighted by atomic mass is 9.98. The molecule has 1 amide bonds. The number of carbonyl (C=O) groups is 1. The zero-order valence-electron chi connectivity index (χ0n) is 15.0.